The van der Waals surface area contributed by atoms with E-state index in [0.717, 1.165) is 24.0 Å². The van der Waals surface area contributed by atoms with Gasteiger partial charge in [0.2, 0.25) is 0 Å². The highest BCUT2D eigenvalue weighted by atomic mass is 16.4. The average Bonchev–Trinajstić information content (AvgIpc) is 3.04. The Bertz CT molecular complexity index is 772. The maximum atomic E-state index is 11.2. The van der Waals surface area contributed by atoms with E-state index in [1.165, 1.54) is 6.33 Å². The second-order valence-electron chi connectivity index (χ2n) is 4.51. The molecule has 1 aromatic carbocycles. The molecular formula is C14H14N4O2. The highest BCUT2D eigenvalue weighted by molar-refractivity contribution is 5.93. The van der Waals surface area contributed by atoms with Crippen molar-refractivity contribution in [3.63, 3.8) is 0 Å². The lowest BCUT2D eigenvalue weighted by atomic mass is 10.3. The number of hydrogen-bond donors (Lipinski definition) is 2. The average molecular weight is 270 g/mol. The predicted octanol–water partition coefficient (Wildman–Crippen LogP) is 2.53. The van der Waals surface area contributed by atoms with Crippen molar-refractivity contribution in [3.05, 3.63) is 36.3 Å². The number of imidazole rings is 2. The molecule has 20 heavy (non-hydrogen) atoms. The molecule has 2 N–H and O–H groups in total. The Kier molecular flexibility index (Phi) is 2.98. The second kappa shape index (κ2) is 4.80. The minimum atomic E-state index is -1.03. The van der Waals surface area contributed by atoms with Crippen molar-refractivity contribution < 1.29 is 9.90 Å². The molecule has 2 aromatic heterocycles. The van der Waals surface area contributed by atoms with Crippen LogP contribution in [0.15, 0.2) is 30.6 Å². The van der Waals surface area contributed by atoms with Crippen molar-refractivity contribution in [3.8, 4) is 11.5 Å². The fourth-order valence-corrected chi connectivity index (χ4v) is 2.33. The first-order valence-corrected chi connectivity index (χ1v) is 6.44. The maximum absolute atomic E-state index is 11.2. The molecule has 0 aliphatic carbocycles. The molecule has 0 radical (unpaired) electrons. The Morgan fingerprint density at radius 2 is 2.20 bits per heavy atom. The standard InChI is InChI=1S/C14H14N4O2/c1-2-7-18-10-6-4-3-5-9(10)17-13(18)11-12(14(19)20)16-8-15-11/h3-6,8H,2,7H2,1H3,(H,15,16)(H,19,20). The highest BCUT2D eigenvalue weighted by Crippen LogP contribution is 2.25. The molecule has 3 rings (SSSR count). The fraction of sp³-hybridized carbons (Fsp3) is 0.214. The van der Waals surface area contributed by atoms with E-state index in [4.69, 9.17) is 0 Å². The summed E-state index contributed by atoms with van der Waals surface area (Å²) in [6.45, 7) is 2.84. The molecule has 0 aliphatic heterocycles. The van der Waals surface area contributed by atoms with Crippen LogP contribution >= 0.6 is 0 Å². The Balaban J connectivity index is 2.27. The number of hydrogen-bond acceptors (Lipinski definition) is 3. The van der Waals surface area contributed by atoms with Gasteiger partial charge in [-0.25, -0.2) is 14.8 Å². The lowest BCUT2D eigenvalue weighted by molar-refractivity contribution is 0.0692. The molecule has 6 heteroatoms. The molecule has 102 valence electrons. The second-order valence-corrected chi connectivity index (χ2v) is 4.51. The quantitative estimate of drug-likeness (QED) is 0.763. The van der Waals surface area contributed by atoms with Gasteiger partial charge in [-0.2, -0.15) is 0 Å². The normalized spacial score (nSPS) is 11.1. The molecule has 0 aliphatic rings. The summed E-state index contributed by atoms with van der Waals surface area (Å²) in [6, 6.07) is 7.76. The van der Waals surface area contributed by atoms with E-state index in [-0.39, 0.29) is 5.69 Å². The number of H-pyrrole nitrogens is 1. The number of para-hydroxylation sites is 2. The van der Waals surface area contributed by atoms with Crippen LogP contribution in [0.25, 0.3) is 22.6 Å². The minimum absolute atomic E-state index is 0.0673. The summed E-state index contributed by atoms with van der Waals surface area (Å²) in [5.74, 6) is -0.445. The van der Waals surface area contributed by atoms with Gasteiger partial charge in [-0.3, -0.25) is 0 Å². The Morgan fingerprint density at radius 3 is 2.95 bits per heavy atom. The van der Waals surface area contributed by atoms with Gasteiger partial charge in [0, 0.05) is 6.54 Å². The zero-order chi connectivity index (χ0) is 14.1. The molecule has 0 saturated carbocycles. The van der Waals surface area contributed by atoms with Gasteiger partial charge in [-0.05, 0) is 18.6 Å². The summed E-state index contributed by atoms with van der Waals surface area (Å²) >= 11 is 0. The number of aromatic nitrogens is 4. The SMILES string of the molecule is CCCn1c(-c2nc[nH]c2C(=O)O)nc2ccccc21. The molecule has 0 unspecified atom stereocenters. The van der Waals surface area contributed by atoms with Crippen molar-refractivity contribution in [1.29, 1.82) is 0 Å². The van der Waals surface area contributed by atoms with Crippen LogP contribution in [0.3, 0.4) is 0 Å². The van der Waals surface area contributed by atoms with Gasteiger partial charge in [0.15, 0.2) is 11.5 Å². The number of nitrogens with one attached hydrogen (secondary N) is 1. The van der Waals surface area contributed by atoms with Gasteiger partial charge in [0.05, 0.1) is 17.4 Å². The lowest BCUT2D eigenvalue weighted by Gasteiger charge is -2.06. The molecular weight excluding hydrogens is 256 g/mol. The van der Waals surface area contributed by atoms with Crippen molar-refractivity contribution in [1.82, 2.24) is 19.5 Å². The zero-order valence-corrected chi connectivity index (χ0v) is 11.0. The van der Waals surface area contributed by atoms with E-state index in [1.54, 1.807) is 0 Å². The van der Waals surface area contributed by atoms with Crippen molar-refractivity contribution >= 4 is 17.0 Å². The third-order valence-electron chi connectivity index (χ3n) is 3.17. The van der Waals surface area contributed by atoms with Gasteiger partial charge in [-0.1, -0.05) is 19.1 Å². The molecule has 0 amide bonds. The number of fused-ring (bicyclic) bond motifs is 1. The maximum Gasteiger partial charge on any atom is 0.354 e. The van der Waals surface area contributed by atoms with Crippen LogP contribution in [-0.2, 0) is 6.54 Å². The van der Waals surface area contributed by atoms with Crippen molar-refractivity contribution in [2.24, 2.45) is 0 Å². The summed E-state index contributed by atoms with van der Waals surface area (Å²) in [6.07, 6.45) is 2.31. The van der Waals surface area contributed by atoms with E-state index in [2.05, 4.69) is 21.9 Å². The van der Waals surface area contributed by atoms with E-state index in [9.17, 15) is 9.90 Å². The van der Waals surface area contributed by atoms with Crippen LogP contribution in [0.4, 0.5) is 0 Å². The molecule has 0 saturated heterocycles. The summed E-state index contributed by atoms with van der Waals surface area (Å²) < 4.78 is 2.01. The highest BCUT2D eigenvalue weighted by Gasteiger charge is 2.20. The fourth-order valence-electron chi connectivity index (χ4n) is 2.33. The van der Waals surface area contributed by atoms with Gasteiger partial charge in [0.1, 0.15) is 5.69 Å². The summed E-state index contributed by atoms with van der Waals surface area (Å²) in [5.41, 5.74) is 2.28. The predicted molar refractivity (Wildman–Crippen MR) is 74.6 cm³/mol. The lowest BCUT2D eigenvalue weighted by Crippen LogP contribution is -2.04. The first-order chi connectivity index (χ1) is 9.72. The van der Waals surface area contributed by atoms with E-state index < -0.39 is 5.97 Å². The van der Waals surface area contributed by atoms with E-state index in [0.29, 0.717) is 11.5 Å². The third kappa shape index (κ3) is 1.85. The Morgan fingerprint density at radius 1 is 1.40 bits per heavy atom. The number of nitrogens with zero attached hydrogens (tertiary/aromatic N) is 3. The smallest absolute Gasteiger partial charge is 0.354 e. The largest absolute Gasteiger partial charge is 0.477 e. The number of rotatable bonds is 4. The number of benzene rings is 1. The molecule has 3 aromatic rings. The van der Waals surface area contributed by atoms with Gasteiger partial charge in [-0.15, -0.1) is 0 Å². The van der Waals surface area contributed by atoms with Gasteiger partial charge in [0.25, 0.3) is 0 Å². The molecule has 0 atom stereocenters. The summed E-state index contributed by atoms with van der Waals surface area (Å²) in [7, 11) is 0. The van der Waals surface area contributed by atoms with E-state index in [1.807, 2.05) is 28.8 Å². The van der Waals surface area contributed by atoms with Crippen LogP contribution in [0.2, 0.25) is 0 Å². The van der Waals surface area contributed by atoms with E-state index >= 15 is 0 Å². The van der Waals surface area contributed by atoms with Crippen molar-refractivity contribution in [2.45, 2.75) is 19.9 Å². The number of aromatic amines is 1. The first kappa shape index (κ1) is 12.4. The molecule has 2 heterocycles. The first-order valence-electron chi connectivity index (χ1n) is 6.44. The molecule has 0 fully saturated rings. The minimum Gasteiger partial charge on any atom is -0.477 e. The van der Waals surface area contributed by atoms with Gasteiger partial charge < -0.3 is 14.7 Å². The molecule has 0 spiro atoms. The number of aromatic carboxylic acids is 1. The number of carboxylic acid groups (broad SMARTS) is 1. The number of carboxylic acids is 1. The van der Waals surface area contributed by atoms with Crippen LogP contribution in [0.1, 0.15) is 23.8 Å². The Hall–Kier alpha value is -2.63. The van der Waals surface area contributed by atoms with Crippen LogP contribution in [0.5, 0.6) is 0 Å². The molecule has 0 bridgehead atoms. The summed E-state index contributed by atoms with van der Waals surface area (Å²) in [5, 5.41) is 9.20. The monoisotopic (exact) mass is 270 g/mol. The van der Waals surface area contributed by atoms with Crippen molar-refractivity contribution in [2.75, 3.05) is 0 Å². The zero-order valence-electron chi connectivity index (χ0n) is 11.0. The summed E-state index contributed by atoms with van der Waals surface area (Å²) in [4.78, 5) is 22.5. The number of aryl methyl sites for hydroxylation is 1. The van der Waals surface area contributed by atoms with Crippen LogP contribution in [0, 0.1) is 0 Å². The van der Waals surface area contributed by atoms with Crippen LogP contribution < -0.4 is 0 Å². The Labute approximate surface area is 115 Å². The topological polar surface area (TPSA) is 83.8 Å². The van der Waals surface area contributed by atoms with Gasteiger partial charge >= 0.3 is 5.97 Å². The molecule has 6 nitrogen and oxygen atoms in total. The number of carbonyl (C=O) groups is 1. The third-order valence-corrected chi connectivity index (χ3v) is 3.17. The van der Waals surface area contributed by atoms with Crippen LogP contribution in [-0.4, -0.2) is 30.6 Å².